The minimum atomic E-state index is -4.34. The summed E-state index contributed by atoms with van der Waals surface area (Å²) in [6, 6.07) is 5.46. The van der Waals surface area contributed by atoms with Crippen LogP contribution in [0.15, 0.2) is 30.3 Å². The molecule has 0 atom stereocenters. The minimum absolute atomic E-state index is 0.0473. The van der Waals surface area contributed by atoms with Crippen molar-refractivity contribution in [1.82, 2.24) is 9.44 Å². The van der Waals surface area contributed by atoms with Gasteiger partial charge in [0.25, 0.3) is 11.8 Å². The van der Waals surface area contributed by atoms with Crippen molar-refractivity contribution in [2.45, 2.75) is 5.75 Å². The van der Waals surface area contributed by atoms with Crippen molar-refractivity contribution in [3.63, 3.8) is 0 Å². The van der Waals surface area contributed by atoms with Crippen molar-refractivity contribution in [2.75, 3.05) is 6.26 Å². The zero-order chi connectivity index (χ0) is 22.9. The number of benzene rings is 2. The molecule has 30 heavy (non-hydrogen) atoms. The molecule has 2 aromatic rings. The van der Waals surface area contributed by atoms with E-state index in [4.69, 9.17) is 0 Å². The van der Waals surface area contributed by atoms with E-state index in [0.29, 0.717) is 3.57 Å². The average molecular weight is 684 g/mol. The van der Waals surface area contributed by atoms with Crippen molar-refractivity contribution in [2.24, 2.45) is 0 Å². The summed E-state index contributed by atoms with van der Waals surface area (Å²) in [4.78, 5) is 24.0. The fraction of sp³-hybridized carbons (Fsp3) is 0.125. The highest BCUT2D eigenvalue weighted by atomic mass is 127. The van der Waals surface area contributed by atoms with Crippen LogP contribution in [0.1, 0.15) is 26.3 Å². The van der Waals surface area contributed by atoms with E-state index < -0.39 is 60.4 Å². The second-order valence-electron chi connectivity index (χ2n) is 5.95. The van der Waals surface area contributed by atoms with Gasteiger partial charge in [-0.05, 0) is 81.1 Å². The summed E-state index contributed by atoms with van der Waals surface area (Å²) in [6.07, 6.45) is 0.718. The maximum atomic E-state index is 14.3. The topological polar surface area (TPSA) is 126 Å². The molecule has 2 aromatic carbocycles. The van der Waals surface area contributed by atoms with Crippen molar-refractivity contribution in [1.29, 1.82) is 0 Å². The second-order valence-corrected chi connectivity index (χ2v) is 11.8. The van der Waals surface area contributed by atoms with Gasteiger partial charge in [0.2, 0.25) is 20.0 Å². The van der Waals surface area contributed by atoms with Gasteiger partial charge in [-0.15, -0.1) is 0 Å². The summed E-state index contributed by atoms with van der Waals surface area (Å²) in [5, 5.41) is 0. The fourth-order valence-corrected chi connectivity index (χ4v) is 5.17. The number of amides is 2. The Hall–Kier alpha value is -1.40. The zero-order valence-electron chi connectivity index (χ0n) is 14.9. The van der Waals surface area contributed by atoms with Gasteiger partial charge in [0.15, 0.2) is 0 Å². The second kappa shape index (κ2) is 9.39. The van der Waals surface area contributed by atoms with Gasteiger partial charge in [0, 0.05) is 7.14 Å². The highest BCUT2D eigenvalue weighted by Gasteiger charge is 2.23. The number of carbonyl (C=O) groups excluding carboxylic acids is 2. The lowest BCUT2D eigenvalue weighted by molar-refractivity contribution is 0.0968. The molecule has 0 saturated carbocycles. The first-order valence-electron chi connectivity index (χ1n) is 7.68. The van der Waals surface area contributed by atoms with Gasteiger partial charge in [-0.3, -0.25) is 9.59 Å². The molecule has 0 aliphatic rings. The summed E-state index contributed by atoms with van der Waals surface area (Å²) < 4.78 is 78.7. The Morgan fingerprint density at radius 2 is 1.57 bits per heavy atom. The third-order valence-electron chi connectivity index (χ3n) is 3.38. The van der Waals surface area contributed by atoms with Gasteiger partial charge in [-0.2, -0.15) is 0 Å². The predicted molar refractivity (Wildman–Crippen MR) is 121 cm³/mol. The van der Waals surface area contributed by atoms with Gasteiger partial charge in [-0.25, -0.2) is 35.1 Å². The normalized spacial score (nSPS) is 11.8. The molecule has 0 aliphatic carbocycles. The molecule has 14 heteroatoms. The largest absolute Gasteiger partial charge is 0.268 e. The smallest absolute Gasteiger partial charge is 0.268 e. The molecular weight excluding hydrogens is 672 g/mol. The molecule has 0 radical (unpaired) electrons. The third-order valence-corrected chi connectivity index (χ3v) is 6.67. The van der Waals surface area contributed by atoms with E-state index >= 15 is 0 Å². The van der Waals surface area contributed by atoms with Crippen molar-refractivity contribution >= 4 is 77.0 Å². The van der Waals surface area contributed by atoms with Crippen molar-refractivity contribution in [3.05, 3.63) is 65.8 Å². The Morgan fingerprint density at radius 3 is 2.13 bits per heavy atom. The van der Waals surface area contributed by atoms with Crippen LogP contribution in [-0.2, 0) is 25.8 Å². The van der Waals surface area contributed by atoms with Crippen LogP contribution >= 0.6 is 45.2 Å². The SMILES string of the molecule is CS(=O)(=O)NC(=O)c1c(F)cc(CS(=O)(=O)NC(=O)c2cc(I)ccc2F)cc1I. The van der Waals surface area contributed by atoms with Crippen LogP contribution in [0.5, 0.6) is 0 Å². The average Bonchev–Trinajstić information content (AvgIpc) is 2.53. The Balaban J connectivity index is 2.25. The minimum Gasteiger partial charge on any atom is -0.268 e. The first-order valence-corrected chi connectivity index (χ1v) is 13.4. The van der Waals surface area contributed by atoms with Crippen LogP contribution in [0.4, 0.5) is 8.78 Å². The number of halogens is 4. The Labute approximate surface area is 198 Å². The van der Waals surface area contributed by atoms with E-state index in [9.17, 15) is 35.2 Å². The Bertz CT molecular complexity index is 1230. The molecule has 0 unspecified atom stereocenters. The first-order chi connectivity index (χ1) is 13.7. The number of nitrogens with one attached hydrogen (secondary N) is 2. The van der Waals surface area contributed by atoms with Gasteiger partial charge < -0.3 is 0 Å². The van der Waals surface area contributed by atoms with E-state index in [0.717, 1.165) is 24.5 Å². The maximum absolute atomic E-state index is 14.3. The molecule has 162 valence electrons. The maximum Gasteiger partial charge on any atom is 0.268 e. The van der Waals surface area contributed by atoms with Gasteiger partial charge in [0.1, 0.15) is 11.6 Å². The lowest BCUT2D eigenvalue weighted by atomic mass is 10.1. The molecule has 0 heterocycles. The van der Waals surface area contributed by atoms with E-state index in [1.165, 1.54) is 12.1 Å². The highest BCUT2D eigenvalue weighted by Crippen LogP contribution is 2.21. The molecule has 0 fully saturated rings. The van der Waals surface area contributed by atoms with Crippen LogP contribution in [0.2, 0.25) is 0 Å². The van der Waals surface area contributed by atoms with Crippen LogP contribution in [0.3, 0.4) is 0 Å². The van der Waals surface area contributed by atoms with E-state index in [1.807, 2.05) is 22.6 Å². The molecule has 2 amide bonds. The summed E-state index contributed by atoms with van der Waals surface area (Å²) in [6.45, 7) is 0. The van der Waals surface area contributed by atoms with Crippen LogP contribution < -0.4 is 9.44 Å². The summed E-state index contributed by atoms with van der Waals surface area (Å²) >= 11 is 3.37. The quantitative estimate of drug-likeness (QED) is 0.450. The number of sulfonamides is 2. The Kier molecular flexibility index (Phi) is 7.78. The first kappa shape index (κ1) is 24.9. The molecule has 0 aliphatic heterocycles. The molecule has 2 N–H and O–H groups in total. The molecular formula is C16H12F2I2N2O6S2. The van der Waals surface area contributed by atoms with Gasteiger partial charge in [-0.1, -0.05) is 0 Å². The van der Waals surface area contributed by atoms with Gasteiger partial charge >= 0.3 is 0 Å². The van der Waals surface area contributed by atoms with E-state index in [1.54, 1.807) is 32.0 Å². The number of rotatable bonds is 6. The van der Waals surface area contributed by atoms with E-state index in [-0.39, 0.29) is 9.13 Å². The molecule has 2 rings (SSSR count). The zero-order valence-corrected chi connectivity index (χ0v) is 20.8. The number of hydrogen-bond acceptors (Lipinski definition) is 6. The summed E-state index contributed by atoms with van der Waals surface area (Å²) in [7, 11) is -8.28. The molecule has 0 bridgehead atoms. The summed E-state index contributed by atoms with van der Waals surface area (Å²) in [5.74, 6) is -5.31. The number of hydrogen-bond donors (Lipinski definition) is 2. The van der Waals surface area contributed by atoms with Crippen molar-refractivity contribution < 1.29 is 35.2 Å². The summed E-state index contributed by atoms with van der Waals surface area (Å²) in [5.41, 5.74) is -1.16. The monoisotopic (exact) mass is 684 g/mol. The van der Waals surface area contributed by atoms with Crippen molar-refractivity contribution in [3.8, 4) is 0 Å². The fourth-order valence-electron chi connectivity index (χ4n) is 2.27. The molecule has 8 nitrogen and oxygen atoms in total. The Morgan fingerprint density at radius 1 is 0.933 bits per heavy atom. The van der Waals surface area contributed by atoms with Gasteiger partial charge in [0.05, 0.1) is 23.1 Å². The van der Waals surface area contributed by atoms with Crippen LogP contribution in [-0.4, -0.2) is 34.9 Å². The number of carbonyl (C=O) groups is 2. The lowest BCUT2D eigenvalue weighted by Crippen LogP contribution is -2.32. The predicted octanol–water partition coefficient (Wildman–Crippen LogP) is 2.12. The third kappa shape index (κ3) is 6.81. The van der Waals surface area contributed by atoms with Crippen LogP contribution in [0.25, 0.3) is 0 Å². The highest BCUT2D eigenvalue weighted by molar-refractivity contribution is 14.1. The molecule has 0 spiro atoms. The standard InChI is InChI=1S/C16H12F2I2N2O6S2/c1-29(25,26)21-16(24)14-12(18)4-8(5-13(14)20)7-30(27,28)22-15(23)10-6-9(19)2-3-11(10)17/h2-6H,7H2,1H3,(H,21,24)(H,22,23). The molecule has 0 saturated heterocycles. The van der Waals surface area contributed by atoms with E-state index in [2.05, 4.69) is 0 Å². The molecule has 0 aromatic heterocycles. The lowest BCUT2D eigenvalue weighted by Gasteiger charge is -2.11. The van der Waals surface area contributed by atoms with Crippen LogP contribution in [0, 0.1) is 18.8 Å².